The van der Waals surface area contributed by atoms with Crippen molar-refractivity contribution in [2.24, 2.45) is 0 Å². The molecule has 0 unspecified atom stereocenters. The molecule has 0 fully saturated rings. The van der Waals surface area contributed by atoms with Crippen LogP contribution in [0.1, 0.15) is 5.56 Å². The first-order valence-corrected chi connectivity index (χ1v) is 7.76. The van der Waals surface area contributed by atoms with Crippen molar-refractivity contribution in [1.29, 1.82) is 0 Å². The molecule has 0 saturated carbocycles. The summed E-state index contributed by atoms with van der Waals surface area (Å²) in [6.45, 7) is 0.386. The monoisotopic (exact) mass is 321 g/mol. The summed E-state index contributed by atoms with van der Waals surface area (Å²) in [5, 5.41) is 5.07. The lowest BCUT2D eigenvalue weighted by Crippen LogP contribution is -2.28. The van der Waals surface area contributed by atoms with Crippen LogP contribution in [0.5, 0.6) is 11.5 Å². The van der Waals surface area contributed by atoms with Crippen molar-refractivity contribution in [3.8, 4) is 11.5 Å². The molecule has 0 aliphatic rings. The lowest BCUT2D eigenvalue weighted by atomic mass is 10.1. The molecule has 1 N–H and O–H groups in total. The molecular weight excluding hydrogens is 302 g/mol. The van der Waals surface area contributed by atoms with Crippen LogP contribution in [0.3, 0.4) is 0 Å². The number of rotatable bonds is 6. The molecule has 24 heavy (non-hydrogen) atoms. The number of benzene rings is 3. The third kappa shape index (κ3) is 3.84. The maximum Gasteiger partial charge on any atom is 0.258 e. The van der Waals surface area contributed by atoms with Crippen LogP contribution in [0, 0.1) is 0 Å². The summed E-state index contributed by atoms with van der Waals surface area (Å²) in [5.41, 5.74) is 0.930. The largest absolute Gasteiger partial charge is 0.496 e. The Morgan fingerprint density at radius 3 is 2.54 bits per heavy atom. The molecule has 0 saturated heterocycles. The van der Waals surface area contributed by atoms with Crippen molar-refractivity contribution in [2.45, 2.75) is 6.54 Å². The van der Waals surface area contributed by atoms with E-state index in [4.69, 9.17) is 9.47 Å². The number of nitrogens with one attached hydrogen (secondary N) is 1. The highest BCUT2D eigenvalue weighted by Gasteiger charge is 2.06. The average molecular weight is 321 g/mol. The van der Waals surface area contributed by atoms with Crippen molar-refractivity contribution in [2.75, 3.05) is 13.7 Å². The topological polar surface area (TPSA) is 47.6 Å². The number of hydrogen-bond donors (Lipinski definition) is 1. The number of carbonyl (C=O) groups excluding carboxylic acids is 1. The SMILES string of the molecule is COc1ccccc1CNC(=O)COc1ccc2ccccc2c1. The van der Waals surface area contributed by atoms with E-state index in [1.54, 1.807) is 7.11 Å². The summed E-state index contributed by atoms with van der Waals surface area (Å²) < 4.78 is 10.8. The van der Waals surface area contributed by atoms with Crippen LogP contribution < -0.4 is 14.8 Å². The van der Waals surface area contributed by atoms with Crippen LogP contribution in [-0.2, 0) is 11.3 Å². The summed E-state index contributed by atoms with van der Waals surface area (Å²) in [6, 6.07) is 21.4. The van der Waals surface area contributed by atoms with E-state index in [9.17, 15) is 4.79 Å². The van der Waals surface area contributed by atoms with E-state index in [1.165, 1.54) is 0 Å². The lowest BCUT2D eigenvalue weighted by Gasteiger charge is -2.10. The summed E-state index contributed by atoms with van der Waals surface area (Å²) in [5.74, 6) is 1.27. The van der Waals surface area contributed by atoms with E-state index >= 15 is 0 Å². The van der Waals surface area contributed by atoms with Gasteiger partial charge in [0.2, 0.25) is 0 Å². The Kier molecular flexibility index (Phi) is 4.96. The molecule has 0 aromatic heterocycles. The van der Waals surface area contributed by atoms with E-state index < -0.39 is 0 Å². The first kappa shape index (κ1) is 15.9. The van der Waals surface area contributed by atoms with Gasteiger partial charge in [-0.25, -0.2) is 0 Å². The quantitative estimate of drug-likeness (QED) is 0.755. The predicted molar refractivity (Wildman–Crippen MR) is 94.3 cm³/mol. The van der Waals surface area contributed by atoms with Gasteiger partial charge in [-0.3, -0.25) is 4.79 Å². The standard InChI is InChI=1S/C20H19NO3/c1-23-19-9-5-4-8-17(19)13-21-20(22)14-24-18-11-10-15-6-2-3-7-16(15)12-18/h2-12H,13-14H2,1H3,(H,21,22). The number of hydrogen-bond acceptors (Lipinski definition) is 3. The summed E-state index contributed by atoms with van der Waals surface area (Å²) in [6.07, 6.45) is 0. The Labute approximate surface area is 141 Å². The van der Waals surface area contributed by atoms with Gasteiger partial charge in [0, 0.05) is 12.1 Å². The molecule has 122 valence electrons. The van der Waals surface area contributed by atoms with Crippen LogP contribution >= 0.6 is 0 Å². The fourth-order valence-electron chi connectivity index (χ4n) is 2.50. The predicted octanol–water partition coefficient (Wildman–Crippen LogP) is 3.54. The fraction of sp³-hybridized carbons (Fsp3) is 0.150. The van der Waals surface area contributed by atoms with Gasteiger partial charge in [0.05, 0.1) is 7.11 Å². The molecule has 3 aromatic carbocycles. The molecule has 0 atom stereocenters. The smallest absolute Gasteiger partial charge is 0.258 e. The minimum absolute atomic E-state index is 0.0203. The normalized spacial score (nSPS) is 10.4. The molecule has 0 heterocycles. The molecule has 3 rings (SSSR count). The maximum absolute atomic E-state index is 12.0. The van der Waals surface area contributed by atoms with E-state index in [-0.39, 0.29) is 12.5 Å². The Balaban J connectivity index is 1.55. The van der Waals surface area contributed by atoms with Crippen molar-refractivity contribution in [3.63, 3.8) is 0 Å². The second kappa shape index (κ2) is 7.51. The molecule has 4 nitrogen and oxygen atoms in total. The third-order valence-corrected chi connectivity index (χ3v) is 3.76. The van der Waals surface area contributed by atoms with Crippen LogP contribution in [0.15, 0.2) is 66.7 Å². The number of amides is 1. The van der Waals surface area contributed by atoms with E-state index in [0.29, 0.717) is 12.3 Å². The molecule has 0 aliphatic heterocycles. The second-order valence-electron chi connectivity index (χ2n) is 5.39. The summed E-state index contributed by atoms with van der Waals surface area (Å²) >= 11 is 0. The highest BCUT2D eigenvalue weighted by atomic mass is 16.5. The zero-order chi connectivity index (χ0) is 16.8. The van der Waals surface area contributed by atoms with Crippen molar-refractivity contribution < 1.29 is 14.3 Å². The second-order valence-corrected chi connectivity index (χ2v) is 5.39. The molecule has 0 aliphatic carbocycles. The Hall–Kier alpha value is -3.01. The molecule has 0 radical (unpaired) electrons. The number of para-hydroxylation sites is 1. The lowest BCUT2D eigenvalue weighted by molar-refractivity contribution is -0.123. The van der Waals surface area contributed by atoms with E-state index in [2.05, 4.69) is 5.32 Å². The van der Waals surface area contributed by atoms with Crippen molar-refractivity contribution in [3.05, 3.63) is 72.3 Å². The van der Waals surface area contributed by atoms with Crippen LogP contribution in [-0.4, -0.2) is 19.6 Å². The van der Waals surface area contributed by atoms with Gasteiger partial charge in [-0.05, 0) is 29.0 Å². The minimum atomic E-state index is -0.172. The molecular formula is C20H19NO3. The zero-order valence-electron chi connectivity index (χ0n) is 13.5. The van der Waals surface area contributed by atoms with Gasteiger partial charge < -0.3 is 14.8 Å². The molecule has 0 spiro atoms. The van der Waals surface area contributed by atoms with Gasteiger partial charge in [-0.2, -0.15) is 0 Å². The van der Waals surface area contributed by atoms with Crippen molar-refractivity contribution in [1.82, 2.24) is 5.32 Å². The third-order valence-electron chi connectivity index (χ3n) is 3.76. The molecule has 3 aromatic rings. The molecule has 4 heteroatoms. The van der Waals surface area contributed by atoms with Gasteiger partial charge in [0.1, 0.15) is 11.5 Å². The van der Waals surface area contributed by atoms with Crippen LogP contribution in [0.4, 0.5) is 0 Å². The first-order valence-electron chi connectivity index (χ1n) is 7.76. The Morgan fingerprint density at radius 1 is 0.958 bits per heavy atom. The zero-order valence-corrected chi connectivity index (χ0v) is 13.5. The first-order chi connectivity index (χ1) is 11.8. The number of methoxy groups -OCH3 is 1. The Morgan fingerprint density at radius 2 is 1.71 bits per heavy atom. The van der Waals surface area contributed by atoms with E-state index in [0.717, 1.165) is 22.1 Å². The van der Waals surface area contributed by atoms with Gasteiger partial charge in [-0.15, -0.1) is 0 Å². The van der Waals surface area contributed by atoms with Crippen LogP contribution in [0.2, 0.25) is 0 Å². The Bertz CT molecular complexity index is 845. The maximum atomic E-state index is 12.0. The minimum Gasteiger partial charge on any atom is -0.496 e. The molecule has 0 bridgehead atoms. The number of carbonyl (C=O) groups is 1. The highest BCUT2D eigenvalue weighted by molar-refractivity contribution is 5.84. The molecule has 1 amide bonds. The summed E-state index contributed by atoms with van der Waals surface area (Å²) in [4.78, 5) is 12.0. The van der Waals surface area contributed by atoms with Gasteiger partial charge >= 0.3 is 0 Å². The van der Waals surface area contributed by atoms with Gasteiger partial charge in [0.25, 0.3) is 5.91 Å². The number of ether oxygens (including phenoxy) is 2. The van der Waals surface area contributed by atoms with E-state index in [1.807, 2.05) is 66.7 Å². The van der Waals surface area contributed by atoms with Crippen molar-refractivity contribution >= 4 is 16.7 Å². The van der Waals surface area contributed by atoms with Gasteiger partial charge in [-0.1, -0.05) is 48.5 Å². The average Bonchev–Trinajstić information content (AvgIpc) is 2.64. The fourth-order valence-corrected chi connectivity index (χ4v) is 2.50. The highest BCUT2D eigenvalue weighted by Crippen LogP contribution is 2.20. The van der Waals surface area contributed by atoms with Crippen LogP contribution in [0.25, 0.3) is 10.8 Å². The van der Waals surface area contributed by atoms with Gasteiger partial charge in [0.15, 0.2) is 6.61 Å². The summed E-state index contributed by atoms with van der Waals surface area (Å²) in [7, 11) is 1.61. The number of fused-ring (bicyclic) bond motifs is 1.